The number of nitrogens with zero attached hydrogens (tertiary/aromatic N) is 1. The molecule has 5 nitrogen and oxygen atoms in total. The van der Waals surface area contributed by atoms with Crippen molar-refractivity contribution in [3.8, 4) is 0 Å². The topological polar surface area (TPSA) is 63.7 Å². The van der Waals surface area contributed by atoms with E-state index in [0.717, 1.165) is 11.1 Å². The van der Waals surface area contributed by atoms with E-state index in [4.69, 9.17) is 16.3 Å². The Morgan fingerprint density at radius 2 is 1.89 bits per heavy atom. The maximum Gasteiger partial charge on any atom is 0.331 e. The molecule has 0 amide bonds. The van der Waals surface area contributed by atoms with Crippen LogP contribution >= 0.6 is 11.6 Å². The third-order valence-corrected chi connectivity index (χ3v) is 7.19. The third-order valence-electron chi connectivity index (χ3n) is 4.96. The van der Waals surface area contributed by atoms with Crippen LogP contribution in [0.4, 0.5) is 0 Å². The maximum atomic E-state index is 13.4. The van der Waals surface area contributed by atoms with Crippen molar-refractivity contribution in [2.75, 3.05) is 13.2 Å². The summed E-state index contributed by atoms with van der Waals surface area (Å²) >= 11 is 6.16. The first-order valence-corrected chi connectivity index (χ1v) is 10.6. The molecule has 1 aliphatic rings. The Hall–Kier alpha value is -1.89. The molecule has 0 aliphatic carbocycles. The molecule has 1 atom stereocenters. The third kappa shape index (κ3) is 3.37. The zero-order valence-electron chi connectivity index (χ0n) is 15.5. The number of carbonyl (C=O) groups is 1. The Morgan fingerprint density at radius 1 is 1.22 bits per heavy atom. The summed E-state index contributed by atoms with van der Waals surface area (Å²) in [5.74, 6) is -0.607. The average molecular weight is 408 g/mol. The van der Waals surface area contributed by atoms with Crippen molar-refractivity contribution in [2.24, 2.45) is 0 Å². The van der Waals surface area contributed by atoms with Gasteiger partial charge in [0.05, 0.1) is 11.5 Å². The van der Waals surface area contributed by atoms with Crippen LogP contribution in [0.25, 0.3) is 0 Å². The number of sulfonamides is 1. The first kappa shape index (κ1) is 19.9. The lowest BCUT2D eigenvalue weighted by atomic mass is 9.83. The Kier molecular flexibility index (Phi) is 5.34. The van der Waals surface area contributed by atoms with Gasteiger partial charge >= 0.3 is 5.97 Å². The molecule has 0 fully saturated rings. The van der Waals surface area contributed by atoms with E-state index in [2.05, 4.69) is 0 Å². The molecule has 2 aromatic carbocycles. The van der Waals surface area contributed by atoms with Gasteiger partial charge in [0.25, 0.3) is 0 Å². The Balaban J connectivity index is 2.19. The van der Waals surface area contributed by atoms with Crippen molar-refractivity contribution >= 4 is 27.6 Å². The zero-order valence-corrected chi connectivity index (χ0v) is 17.1. The summed E-state index contributed by atoms with van der Waals surface area (Å²) in [7, 11) is -3.92. The number of esters is 1. The molecule has 27 heavy (non-hydrogen) atoms. The van der Waals surface area contributed by atoms with E-state index in [9.17, 15) is 13.2 Å². The first-order valence-electron chi connectivity index (χ1n) is 8.77. The molecule has 1 aliphatic heterocycles. The van der Waals surface area contributed by atoms with E-state index in [1.165, 1.54) is 4.31 Å². The number of aryl methyl sites for hydroxylation is 1. The number of benzene rings is 2. The summed E-state index contributed by atoms with van der Waals surface area (Å²) < 4.78 is 33.3. The lowest BCUT2D eigenvalue weighted by molar-refractivity contribution is -0.155. The van der Waals surface area contributed by atoms with E-state index < -0.39 is 21.5 Å². The fourth-order valence-electron chi connectivity index (χ4n) is 3.48. The molecule has 0 radical (unpaired) electrons. The minimum absolute atomic E-state index is 0.147. The van der Waals surface area contributed by atoms with Gasteiger partial charge in [0.15, 0.2) is 5.54 Å². The van der Waals surface area contributed by atoms with Crippen LogP contribution in [0.5, 0.6) is 0 Å². The van der Waals surface area contributed by atoms with Gasteiger partial charge in [-0.25, -0.2) is 13.2 Å². The molecular formula is C20H22ClNO4S. The van der Waals surface area contributed by atoms with Crippen molar-refractivity contribution in [1.29, 1.82) is 0 Å². The molecule has 3 rings (SSSR count). The molecule has 1 unspecified atom stereocenters. The van der Waals surface area contributed by atoms with Crippen LogP contribution in [-0.4, -0.2) is 31.8 Å². The van der Waals surface area contributed by atoms with Crippen LogP contribution in [0.1, 0.15) is 30.5 Å². The highest BCUT2D eigenvalue weighted by Gasteiger charge is 2.51. The van der Waals surface area contributed by atoms with Crippen molar-refractivity contribution in [3.05, 3.63) is 64.2 Å². The second kappa shape index (κ2) is 7.26. The molecule has 0 spiro atoms. The minimum Gasteiger partial charge on any atom is -0.464 e. The molecule has 7 heteroatoms. The van der Waals surface area contributed by atoms with E-state index in [-0.39, 0.29) is 18.0 Å². The predicted octanol–water partition coefficient (Wildman–Crippen LogP) is 3.67. The highest BCUT2D eigenvalue weighted by atomic mass is 35.5. The summed E-state index contributed by atoms with van der Waals surface area (Å²) in [6.07, 6.45) is 0.493. The van der Waals surface area contributed by atoms with Gasteiger partial charge in [-0.2, -0.15) is 4.31 Å². The number of hydrogen-bond acceptors (Lipinski definition) is 4. The van der Waals surface area contributed by atoms with Gasteiger partial charge in [-0.3, -0.25) is 0 Å². The van der Waals surface area contributed by atoms with Crippen LogP contribution < -0.4 is 0 Å². The van der Waals surface area contributed by atoms with Gasteiger partial charge in [0, 0.05) is 11.6 Å². The maximum absolute atomic E-state index is 13.4. The van der Waals surface area contributed by atoms with E-state index in [0.29, 0.717) is 17.0 Å². The van der Waals surface area contributed by atoms with E-state index >= 15 is 0 Å². The average Bonchev–Trinajstić information content (AvgIpc) is 2.62. The fourth-order valence-corrected chi connectivity index (χ4v) is 5.37. The Bertz CT molecular complexity index is 972. The summed E-state index contributed by atoms with van der Waals surface area (Å²) in [5, 5.41) is 0.443. The van der Waals surface area contributed by atoms with Crippen molar-refractivity contribution in [3.63, 3.8) is 0 Å². The quantitative estimate of drug-likeness (QED) is 0.725. The van der Waals surface area contributed by atoms with Gasteiger partial charge in [-0.1, -0.05) is 35.4 Å². The Morgan fingerprint density at radius 3 is 2.52 bits per heavy atom. The highest BCUT2D eigenvalue weighted by molar-refractivity contribution is 7.89. The normalized spacial score (nSPS) is 20.1. The van der Waals surface area contributed by atoms with Crippen molar-refractivity contribution in [2.45, 2.75) is 37.6 Å². The van der Waals surface area contributed by atoms with E-state index in [1.807, 2.05) is 13.0 Å². The second-order valence-corrected chi connectivity index (χ2v) is 9.03. The lowest BCUT2D eigenvalue weighted by Gasteiger charge is -2.42. The van der Waals surface area contributed by atoms with Crippen LogP contribution in [0.2, 0.25) is 5.02 Å². The molecular weight excluding hydrogens is 386 g/mol. The number of fused-ring (bicyclic) bond motifs is 1. The fraction of sp³-hybridized carbons (Fsp3) is 0.350. The van der Waals surface area contributed by atoms with Crippen LogP contribution in [0.15, 0.2) is 47.4 Å². The summed E-state index contributed by atoms with van der Waals surface area (Å²) in [4.78, 5) is 13.1. The molecule has 144 valence electrons. The molecule has 0 N–H and O–H groups in total. The molecule has 2 aromatic rings. The van der Waals surface area contributed by atoms with Crippen molar-refractivity contribution < 1.29 is 17.9 Å². The smallest absolute Gasteiger partial charge is 0.331 e. The lowest BCUT2D eigenvalue weighted by Crippen LogP contribution is -2.56. The number of ether oxygens (including phenoxy) is 1. The van der Waals surface area contributed by atoms with E-state index in [1.54, 1.807) is 50.2 Å². The molecule has 1 heterocycles. The van der Waals surface area contributed by atoms with Crippen LogP contribution in [-0.2, 0) is 31.5 Å². The predicted molar refractivity (Wildman–Crippen MR) is 104 cm³/mol. The molecule has 0 bridgehead atoms. The van der Waals surface area contributed by atoms with Crippen LogP contribution in [0, 0.1) is 6.92 Å². The van der Waals surface area contributed by atoms with Gasteiger partial charge in [0.1, 0.15) is 0 Å². The van der Waals surface area contributed by atoms with Gasteiger partial charge in [-0.05, 0) is 62.6 Å². The SMILES string of the molecule is CCOC(=O)C1(C)c2cc(Cl)ccc2CCN1S(=O)(=O)c1ccc(C)cc1. The van der Waals surface area contributed by atoms with Gasteiger partial charge < -0.3 is 4.74 Å². The number of rotatable bonds is 4. The molecule has 0 saturated heterocycles. The molecule has 0 aromatic heterocycles. The molecule has 0 saturated carbocycles. The van der Waals surface area contributed by atoms with Crippen molar-refractivity contribution in [1.82, 2.24) is 4.31 Å². The largest absolute Gasteiger partial charge is 0.464 e. The second-order valence-electron chi connectivity index (χ2n) is 6.73. The summed E-state index contributed by atoms with van der Waals surface area (Å²) in [5.41, 5.74) is 0.927. The number of halogens is 1. The highest BCUT2D eigenvalue weighted by Crippen LogP contribution is 2.41. The number of hydrogen-bond donors (Lipinski definition) is 0. The Labute approximate surface area is 165 Å². The first-order chi connectivity index (χ1) is 12.7. The van der Waals surface area contributed by atoms with Crippen LogP contribution in [0.3, 0.4) is 0 Å². The monoisotopic (exact) mass is 407 g/mol. The van der Waals surface area contributed by atoms with Gasteiger partial charge in [0.2, 0.25) is 10.0 Å². The number of carbonyl (C=O) groups excluding carboxylic acids is 1. The van der Waals surface area contributed by atoms with Gasteiger partial charge in [-0.15, -0.1) is 0 Å². The minimum atomic E-state index is -3.92. The standard InChI is InChI=1S/C20H22ClNO4S/c1-4-26-19(23)20(3)18-13-16(21)8-7-15(18)11-12-22(20)27(24,25)17-9-5-14(2)6-10-17/h5-10,13H,4,11-12H2,1-3H3. The zero-order chi connectivity index (χ0) is 19.8. The summed E-state index contributed by atoms with van der Waals surface area (Å²) in [6.45, 7) is 5.51. The summed E-state index contributed by atoms with van der Waals surface area (Å²) in [6, 6.07) is 11.8.